The summed E-state index contributed by atoms with van der Waals surface area (Å²) in [5.41, 5.74) is 11.7. The molecular formula is C57H63N5O10. The number of benzene rings is 3. The first-order chi connectivity index (χ1) is 35.1. The van der Waals surface area contributed by atoms with E-state index in [0.29, 0.717) is 96.5 Å². The van der Waals surface area contributed by atoms with Gasteiger partial charge in [-0.1, -0.05) is 36.4 Å². The number of rotatable bonds is 24. The van der Waals surface area contributed by atoms with Gasteiger partial charge in [-0.25, -0.2) is 14.8 Å². The van der Waals surface area contributed by atoms with Gasteiger partial charge in [0.05, 0.1) is 88.8 Å². The van der Waals surface area contributed by atoms with Gasteiger partial charge in [0.15, 0.2) is 0 Å². The number of H-pyrrole nitrogens is 2. The van der Waals surface area contributed by atoms with E-state index in [9.17, 15) is 4.79 Å². The van der Waals surface area contributed by atoms with Crippen LogP contribution in [-0.4, -0.2) is 125 Å². The van der Waals surface area contributed by atoms with Gasteiger partial charge >= 0.3 is 6.09 Å². The lowest BCUT2D eigenvalue weighted by Crippen LogP contribution is -2.27. The molecule has 3 aromatic heterocycles. The lowest BCUT2D eigenvalue weighted by Gasteiger charge is -2.19. The van der Waals surface area contributed by atoms with Crippen molar-refractivity contribution in [2.24, 2.45) is 0 Å². The van der Waals surface area contributed by atoms with Gasteiger partial charge in [-0.2, -0.15) is 0 Å². The van der Waals surface area contributed by atoms with E-state index in [1.807, 2.05) is 118 Å². The molecule has 376 valence electrons. The molecule has 2 aliphatic heterocycles. The largest absolute Gasteiger partial charge is 0.491 e. The first-order valence-corrected chi connectivity index (χ1v) is 24.1. The second kappa shape index (κ2) is 25.3. The summed E-state index contributed by atoms with van der Waals surface area (Å²) < 4.78 is 50.5. The maximum Gasteiger partial charge on any atom is 0.412 e. The van der Waals surface area contributed by atoms with Gasteiger partial charge in [-0.05, 0) is 128 Å². The van der Waals surface area contributed by atoms with Gasteiger partial charge in [0.25, 0.3) is 0 Å². The van der Waals surface area contributed by atoms with E-state index in [1.165, 1.54) is 0 Å². The van der Waals surface area contributed by atoms with E-state index < -0.39 is 11.7 Å². The van der Waals surface area contributed by atoms with Crippen LogP contribution >= 0.6 is 0 Å². The average Bonchev–Trinajstić information content (AvgIpc) is 4.22. The van der Waals surface area contributed by atoms with Crippen molar-refractivity contribution >= 4 is 58.2 Å². The number of methoxy groups -OCH3 is 2. The van der Waals surface area contributed by atoms with Crippen molar-refractivity contribution in [2.45, 2.75) is 26.4 Å². The Bertz CT molecular complexity index is 2930. The summed E-state index contributed by atoms with van der Waals surface area (Å²) in [6, 6.07) is 34.0. The number of carbonyl (C=O) groups is 1. The van der Waals surface area contributed by atoms with E-state index in [-0.39, 0.29) is 0 Å². The van der Waals surface area contributed by atoms with Crippen molar-refractivity contribution in [1.82, 2.24) is 19.9 Å². The Labute approximate surface area is 420 Å². The SMILES string of the molecule is COCCOCCOCCOc1cccc(-c2c3nc(c(-c4ccc(NC(=O)OC(C)(C)C)cc4)c4ccc([nH]4)c(-c4cccc(OCCOCCOCCOC)c4)c4nc(cc5ccc2[nH]5)C=C4)C=C3)c1. The number of anilines is 1. The van der Waals surface area contributed by atoms with Crippen LogP contribution in [0.25, 0.3) is 79.8 Å². The summed E-state index contributed by atoms with van der Waals surface area (Å²) >= 11 is 0. The molecule has 8 bridgehead atoms. The predicted octanol–water partition coefficient (Wildman–Crippen LogP) is 11.1. The lowest BCUT2D eigenvalue weighted by atomic mass is 10.0. The first kappa shape index (κ1) is 51.3. The molecule has 3 N–H and O–H groups in total. The highest BCUT2D eigenvalue weighted by molar-refractivity contribution is 5.98. The summed E-state index contributed by atoms with van der Waals surface area (Å²) in [6.45, 7) is 11.1. The minimum atomic E-state index is -0.645. The molecule has 1 amide bonds. The van der Waals surface area contributed by atoms with Crippen LogP contribution in [0.3, 0.4) is 0 Å². The molecule has 15 nitrogen and oxygen atoms in total. The van der Waals surface area contributed by atoms with Gasteiger partial charge in [0.2, 0.25) is 0 Å². The third kappa shape index (κ3) is 14.3. The van der Waals surface area contributed by atoms with E-state index >= 15 is 0 Å². The zero-order valence-electron chi connectivity index (χ0n) is 41.6. The molecule has 5 heterocycles. The van der Waals surface area contributed by atoms with E-state index in [4.69, 9.17) is 52.6 Å². The number of hydrogen-bond acceptors (Lipinski definition) is 12. The monoisotopic (exact) mass is 977 g/mol. The quantitative estimate of drug-likeness (QED) is 0.0491. The molecule has 3 aromatic carbocycles. The molecule has 15 heteroatoms. The second-order valence-electron chi connectivity index (χ2n) is 17.7. The lowest BCUT2D eigenvalue weighted by molar-refractivity contribution is 0.0180. The maximum atomic E-state index is 12.8. The number of carbonyl (C=O) groups excluding carboxylic acids is 1. The Morgan fingerprint density at radius 1 is 0.500 bits per heavy atom. The van der Waals surface area contributed by atoms with Crippen LogP contribution in [0.2, 0.25) is 0 Å². The molecule has 8 rings (SSSR count). The fraction of sp³-hybridized carbons (Fsp3) is 0.316. The highest BCUT2D eigenvalue weighted by atomic mass is 16.6. The minimum Gasteiger partial charge on any atom is -0.491 e. The summed E-state index contributed by atoms with van der Waals surface area (Å²) in [5, 5.41) is 2.86. The number of nitrogens with zero attached hydrogens (tertiary/aromatic N) is 2. The molecule has 0 fully saturated rings. The van der Waals surface area contributed by atoms with Crippen molar-refractivity contribution in [1.29, 1.82) is 0 Å². The van der Waals surface area contributed by atoms with Crippen LogP contribution in [-0.2, 0) is 33.2 Å². The Morgan fingerprint density at radius 3 is 1.51 bits per heavy atom. The number of nitrogens with one attached hydrogen (secondary N) is 3. The molecule has 0 atom stereocenters. The third-order valence-corrected chi connectivity index (χ3v) is 11.2. The average molecular weight is 978 g/mol. The van der Waals surface area contributed by atoms with Gasteiger partial charge in [0, 0.05) is 58.7 Å². The number of aromatic amines is 2. The second-order valence-corrected chi connectivity index (χ2v) is 17.7. The zero-order valence-corrected chi connectivity index (χ0v) is 41.6. The smallest absolute Gasteiger partial charge is 0.412 e. The molecule has 0 saturated carbocycles. The Morgan fingerprint density at radius 2 is 0.972 bits per heavy atom. The number of amides is 1. The normalized spacial score (nSPS) is 12.1. The van der Waals surface area contributed by atoms with Crippen LogP contribution in [0.5, 0.6) is 11.5 Å². The Hall–Kier alpha value is -7.11. The standard InChI is InChI=1S/C57H63N5O10/c1-57(2,3)72-56(63)60-42-14-12-39(13-15-42)53-49-20-22-51(61-49)54(40-8-6-10-45(36-40)70-34-32-68-30-28-66-26-24-64-4)47-18-16-43(58-47)38-44-17-19-48(59-44)55(52-23-21-50(53)62-52)41-9-7-11-46(37-41)71-35-33-69-31-29-67-27-25-65-5/h6-23,36-38,58,62H,24-35H2,1-5H3,(H,60,63). The Kier molecular flexibility index (Phi) is 18.0. The Balaban J connectivity index is 1.19. The fourth-order valence-corrected chi connectivity index (χ4v) is 8.04. The van der Waals surface area contributed by atoms with Crippen LogP contribution in [0.1, 0.15) is 43.5 Å². The topological polar surface area (TPSA) is 170 Å². The summed E-state index contributed by atoms with van der Waals surface area (Å²) in [4.78, 5) is 30.8. The molecule has 72 heavy (non-hydrogen) atoms. The molecule has 0 aliphatic carbocycles. The van der Waals surface area contributed by atoms with Crippen molar-refractivity contribution < 1.29 is 47.4 Å². The van der Waals surface area contributed by atoms with Gasteiger partial charge < -0.3 is 52.6 Å². The predicted molar refractivity (Wildman–Crippen MR) is 283 cm³/mol. The maximum absolute atomic E-state index is 12.8. The molecule has 0 saturated heterocycles. The highest BCUT2D eigenvalue weighted by Gasteiger charge is 2.19. The summed E-state index contributed by atoms with van der Waals surface area (Å²) in [6.07, 6.45) is 7.61. The fourth-order valence-electron chi connectivity index (χ4n) is 8.04. The van der Waals surface area contributed by atoms with Crippen LogP contribution in [0.15, 0.2) is 103 Å². The summed E-state index contributed by atoms with van der Waals surface area (Å²) in [5.74, 6) is 1.40. The van der Waals surface area contributed by atoms with Crippen molar-refractivity contribution in [2.75, 3.05) is 98.8 Å². The van der Waals surface area contributed by atoms with Crippen molar-refractivity contribution in [3.63, 3.8) is 0 Å². The molecular weight excluding hydrogens is 915 g/mol. The first-order valence-electron chi connectivity index (χ1n) is 24.1. The van der Waals surface area contributed by atoms with Gasteiger partial charge in [0.1, 0.15) is 30.3 Å². The number of hydrogen-bond donors (Lipinski definition) is 3. The van der Waals surface area contributed by atoms with Gasteiger partial charge in [-0.3, -0.25) is 5.32 Å². The molecule has 0 unspecified atom stereocenters. The van der Waals surface area contributed by atoms with Crippen molar-refractivity contribution in [3.8, 4) is 44.9 Å². The highest BCUT2D eigenvalue weighted by Crippen LogP contribution is 2.38. The number of fused-ring (bicyclic) bond motifs is 8. The number of ether oxygens (including phenoxy) is 9. The van der Waals surface area contributed by atoms with E-state index in [0.717, 1.165) is 78.2 Å². The van der Waals surface area contributed by atoms with Gasteiger partial charge in [-0.15, -0.1) is 0 Å². The summed E-state index contributed by atoms with van der Waals surface area (Å²) in [7, 11) is 3.30. The van der Waals surface area contributed by atoms with Crippen molar-refractivity contribution in [3.05, 3.63) is 126 Å². The third-order valence-electron chi connectivity index (χ3n) is 11.2. The zero-order chi connectivity index (χ0) is 50.1. The molecule has 6 aromatic rings. The van der Waals surface area contributed by atoms with Crippen LogP contribution in [0.4, 0.5) is 10.5 Å². The van der Waals surface area contributed by atoms with E-state index in [2.05, 4.69) is 45.6 Å². The minimum absolute atomic E-state index is 0.370. The van der Waals surface area contributed by atoms with Crippen LogP contribution < -0.4 is 14.8 Å². The van der Waals surface area contributed by atoms with Crippen LogP contribution in [0, 0.1) is 0 Å². The van der Waals surface area contributed by atoms with E-state index in [1.54, 1.807) is 14.2 Å². The number of aromatic nitrogens is 4. The molecule has 2 aliphatic rings. The molecule has 0 spiro atoms. The molecule has 0 radical (unpaired) electrons.